The number of halogens is 1. The van der Waals surface area contributed by atoms with Crippen molar-refractivity contribution in [1.82, 2.24) is 9.88 Å². The van der Waals surface area contributed by atoms with Crippen molar-refractivity contribution in [3.05, 3.63) is 9.61 Å². The number of carbonyl (C=O) groups is 1. The zero-order valence-corrected chi connectivity index (χ0v) is 15.2. The Morgan fingerprint density at radius 2 is 1.95 bits per heavy atom. The van der Waals surface area contributed by atoms with E-state index in [1.807, 2.05) is 27.7 Å². The van der Waals surface area contributed by atoms with E-state index in [4.69, 9.17) is 4.74 Å². The summed E-state index contributed by atoms with van der Waals surface area (Å²) in [5, 5.41) is 1.24. The average molecular weight is 374 g/mol. The first-order valence-corrected chi connectivity index (χ1v) is 8.64. The molecular formula is C14H20BrN3O2S. The van der Waals surface area contributed by atoms with E-state index in [2.05, 4.69) is 25.8 Å². The normalized spacial score (nSPS) is 20.2. The maximum atomic E-state index is 12.0. The Kier molecular flexibility index (Phi) is 3.48. The maximum Gasteiger partial charge on any atom is 0.410 e. The van der Waals surface area contributed by atoms with E-state index in [1.54, 1.807) is 16.2 Å². The second kappa shape index (κ2) is 4.84. The molecule has 1 amide bonds. The molecule has 1 spiro atoms. The minimum absolute atomic E-state index is 0.191. The molecule has 0 N–H and O–H groups in total. The van der Waals surface area contributed by atoms with Gasteiger partial charge in [-0.15, -0.1) is 0 Å². The molecule has 1 aromatic heterocycles. The zero-order valence-electron chi connectivity index (χ0n) is 12.8. The van der Waals surface area contributed by atoms with Gasteiger partial charge in [-0.05, 0) is 43.6 Å². The van der Waals surface area contributed by atoms with Crippen LogP contribution in [0.3, 0.4) is 0 Å². The van der Waals surface area contributed by atoms with Crippen LogP contribution in [-0.4, -0.2) is 47.8 Å². The van der Waals surface area contributed by atoms with Gasteiger partial charge in [0.25, 0.3) is 0 Å². The molecule has 116 valence electrons. The number of hydrogen-bond donors (Lipinski definition) is 0. The molecular weight excluding hydrogens is 354 g/mol. The quantitative estimate of drug-likeness (QED) is 0.757. The summed E-state index contributed by atoms with van der Waals surface area (Å²) in [5.41, 5.74) is 0.919. The molecule has 0 saturated carbocycles. The summed E-state index contributed by atoms with van der Waals surface area (Å²) in [7, 11) is 0. The van der Waals surface area contributed by atoms with Gasteiger partial charge in [0.2, 0.25) is 0 Å². The number of ether oxygens (including phenoxy) is 1. The largest absolute Gasteiger partial charge is 0.444 e. The molecule has 0 bridgehead atoms. The molecule has 2 saturated heterocycles. The molecule has 0 unspecified atom stereocenters. The van der Waals surface area contributed by atoms with Gasteiger partial charge < -0.3 is 14.5 Å². The van der Waals surface area contributed by atoms with Crippen molar-refractivity contribution in [1.29, 1.82) is 0 Å². The maximum absolute atomic E-state index is 12.0. The van der Waals surface area contributed by atoms with Gasteiger partial charge in [0, 0.05) is 31.6 Å². The Morgan fingerprint density at radius 1 is 1.33 bits per heavy atom. The summed E-state index contributed by atoms with van der Waals surface area (Å²) in [6.45, 7) is 11.3. The van der Waals surface area contributed by atoms with E-state index in [0.29, 0.717) is 0 Å². The van der Waals surface area contributed by atoms with Gasteiger partial charge in [-0.1, -0.05) is 11.3 Å². The standard InChI is InChI=1S/C14H20BrN3O2S/c1-9-10(21-11(15)16-9)17-5-14(6-17)7-18(8-14)12(19)20-13(2,3)4/h5-8H2,1-4H3. The van der Waals surface area contributed by atoms with Gasteiger partial charge in [0.05, 0.1) is 5.69 Å². The number of thiazole rings is 1. The Labute approximate surface area is 137 Å². The predicted octanol–water partition coefficient (Wildman–Crippen LogP) is 3.27. The minimum Gasteiger partial charge on any atom is -0.444 e. The highest BCUT2D eigenvalue weighted by Gasteiger charge is 2.54. The van der Waals surface area contributed by atoms with Crippen LogP contribution in [0.15, 0.2) is 3.92 Å². The van der Waals surface area contributed by atoms with Crippen LogP contribution in [0.1, 0.15) is 26.5 Å². The van der Waals surface area contributed by atoms with Gasteiger partial charge in [0.1, 0.15) is 10.6 Å². The van der Waals surface area contributed by atoms with Crippen molar-refractivity contribution in [3.8, 4) is 0 Å². The van der Waals surface area contributed by atoms with Crippen molar-refractivity contribution in [2.24, 2.45) is 5.41 Å². The van der Waals surface area contributed by atoms with Crippen LogP contribution < -0.4 is 4.90 Å². The summed E-state index contributed by atoms with van der Waals surface area (Å²) in [5.74, 6) is 0. The van der Waals surface area contributed by atoms with E-state index in [1.165, 1.54) is 5.00 Å². The molecule has 2 aliphatic rings. The Balaban J connectivity index is 1.52. The fraction of sp³-hybridized carbons (Fsp3) is 0.714. The van der Waals surface area contributed by atoms with Crippen LogP contribution >= 0.6 is 27.3 Å². The molecule has 21 heavy (non-hydrogen) atoms. The second-order valence-electron chi connectivity index (χ2n) is 7.05. The Morgan fingerprint density at radius 3 is 2.43 bits per heavy atom. The number of hydrogen-bond acceptors (Lipinski definition) is 5. The van der Waals surface area contributed by atoms with E-state index < -0.39 is 5.60 Å². The van der Waals surface area contributed by atoms with E-state index in [-0.39, 0.29) is 11.5 Å². The lowest BCUT2D eigenvalue weighted by atomic mass is 9.73. The lowest BCUT2D eigenvalue weighted by molar-refractivity contribution is -0.0451. The molecule has 0 aromatic carbocycles. The zero-order chi connectivity index (χ0) is 15.4. The summed E-state index contributed by atoms with van der Waals surface area (Å²) in [4.78, 5) is 20.5. The van der Waals surface area contributed by atoms with Crippen molar-refractivity contribution < 1.29 is 9.53 Å². The highest BCUT2D eigenvalue weighted by molar-refractivity contribution is 9.11. The molecule has 1 aromatic rings. The number of likely N-dealkylation sites (tertiary alicyclic amines) is 1. The van der Waals surface area contributed by atoms with E-state index >= 15 is 0 Å². The first-order valence-electron chi connectivity index (χ1n) is 7.03. The van der Waals surface area contributed by atoms with Gasteiger partial charge in [0.15, 0.2) is 3.92 Å². The number of anilines is 1. The second-order valence-corrected chi connectivity index (χ2v) is 9.30. The highest BCUT2D eigenvalue weighted by Crippen LogP contribution is 2.45. The van der Waals surface area contributed by atoms with Crippen molar-refractivity contribution in [3.63, 3.8) is 0 Å². The fourth-order valence-corrected chi connectivity index (χ4v) is 4.50. The molecule has 2 aliphatic heterocycles. The van der Waals surface area contributed by atoms with E-state index in [9.17, 15) is 4.79 Å². The van der Waals surface area contributed by atoms with Gasteiger partial charge in [-0.3, -0.25) is 0 Å². The molecule has 7 heteroatoms. The smallest absolute Gasteiger partial charge is 0.410 e. The SMILES string of the molecule is Cc1nc(Br)sc1N1CC2(CN(C(=O)OC(C)(C)C)C2)C1. The van der Waals surface area contributed by atoms with Crippen molar-refractivity contribution in [2.45, 2.75) is 33.3 Å². The molecule has 0 radical (unpaired) electrons. The van der Waals surface area contributed by atoms with Crippen LogP contribution in [0.25, 0.3) is 0 Å². The van der Waals surface area contributed by atoms with Gasteiger partial charge in [-0.2, -0.15) is 0 Å². The van der Waals surface area contributed by atoms with Crippen LogP contribution in [0, 0.1) is 12.3 Å². The first kappa shape index (κ1) is 15.1. The third-order valence-corrected chi connectivity index (χ3v) is 5.46. The predicted molar refractivity (Wildman–Crippen MR) is 87.0 cm³/mol. The summed E-state index contributed by atoms with van der Waals surface area (Å²) >= 11 is 5.11. The first-order chi connectivity index (χ1) is 9.67. The lowest BCUT2D eigenvalue weighted by Crippen LogP contribution is -2.73. The summed E-state index contributed by atoms with van der Waals surface area (Å²) in [6.07, 6.45) is -0.191. The van der Waals surface area contributed by atoms with Crippen LogP contribution in [0.2, 0.25) is 0 Å². The number of rotatable bonds is 1. The molecule has 5 nitrogen and oxygen atoms in total. The van der Waals surface area contributed by atoms with Gasteiger partial charge >= 0.3 is 6.09 Å². The van der Waals surface area contributed by atoms with Crippen molar-refractivity contribution in [2.75, 3.05) is 31.1 Å². The number of nitrogens with zero attached hydrogens (tertiary/aromatic N) is 3. The third kappa shape index (κ3) is 2.90. The van der Waals surface area contributed by atoms with Gasteiger partial charge in [-0.25, -0.2) is 9.78 Å². The summed E-state index contributed by atoms with van der Waals surface area (Å²) < 4.78 is 6.33. The molecule has 2 fully saturated rings. The minimum atomic E-state index is -0.419. The number of amides is 1. The summed E-state index contributed by atoms with van der Waals surface area (Å²) in [6, 6.07) is 0. The van der Waals surface area contributed by atoms with Crippen LogP contribution in [-0.2, 0) is 4.74 Å². The molecule has 0 aliphatic carbocycles. The monoisotopic (exact) mass is 373 g/mol. The lowest BCUT2D eigenvalue weighted by Gasteiger charge is -2.60. The van der Waals surface area contributed by atoms with Crippen LogP contribution in [0.5, 0.6) is 0 Å². The van der Waals surface area contributed by atoms with Crippen molar-refractivity contribution >= 4 is 38.4 Å². The fourth-order valence-electron chi connectivity index (χ4n) is 2.98. The molecule has 3 rings (SSSR count). The number of carbonyl (C=O) groups excluding carboxylic acids is 1. The average Bonchev–Trinajstić information content (AvgIpc) is 2.51. The topological polar surface area (TPSA) is 45.7 Å². The Hall–Kier alpha value is -0.820. The highest BCUT2D eigenvalue weighted by atomic mass is 79.9. The van der Waals surface area contributed by atoms with Crippen LogP contribution in [0.4, 0.5) is 9.80 Å². The van der Waals surface area contributed by atoms with E-state index in [0.717, 1.165) is 35.8 Å². The molecule has 0 atom stereocenters. The molecule has 3 heterocycles. The number of aryl methyl sites for hydroxylation is 1. The third-order valence-electron chi connectivity index (χ3n) is 3.79. The Bertz CT molecular complexity index is 567. The number of aromatic nitrogens is 1.